The van der Waals surface area contributed by atoms with Crippen LogP contribution in [-0.2, 0) is 10.3 Å². The number of nitro groups is 1. The Balaban J connectivity index is 1.75. The van der Waals surface area contributed by atoms with Gasteiger partial charge in [-0.2, -0.15) is 13.2 Å². The third kappa shape index (κ3) is 2.76. The number of fused-ring (bicyclic) bond motifs is 6. The van der Waals surface area contributed by atoms with Gasteiger partial charge in [0.15, 0.2) is 0 Å². The van der Waals surface area contributed by atoms with Crippen LogP contribution < -0.4 is 15.4 Å². The van der Waals surface area contributed by atoms with Crippen LogP contribution in [0.2, 0.25) is 5.02 Å². The molecule has 0 aliphatic carbocycles. The van der Waals surface area contributed by atoms with E-state index in [2.05, 4.69) is 10.6 Å². The fourth-order valence-electron chi connectivity index (χ4n) is 6.12. The lowest BCUT2D eigenvalue weighted by atomic mass is 9.63. The van der Waals surface area contributed by atoms with E-state index >= 15 is 0 Å². The lowest BCUT2D eigenvalue weighted by molar-refractivity contribution is -0.599. The molecular formula is C25H17ClF3N3O4. The highest BCUT2D eigenvalue weighted by atomic mass is 35.5. The minimum atomic E-state index is -5.13. The van der Waals surface area contributed by atoms with Crippen molar-refractivity contribution in [1.29, 1.82) is 0 Å². The van der Waals surface area contributed by atoms with E-state index in [-0.39, 0.29) is 16.9 Å². The maximum atomic E-state index is 14.7. The Morgan fingerprint density at radius 1 is 1.00 bits per heavy atom. The summed E-state index contributed by atoms with van der Waals surface area (Å²) in [5, 5.41) is 19.1. The third-order valence-electron chi connectivity index (χ3n) is 7.40. The smallest absolute Gasteiger partial charge is 0.432 e. The maximum absolute atomic E-state index is 14.7. The topological polar surface area (TPSA) is 93.5 Å². The molecule has 6 rings (SSSR count). The summed E-state index contributed by atoms with van der Waals surface area (Å²) in [5.41, 5.74) is -3.69. The average molecular weight is 516 g/mol. The van der Waals surface area contributed by atoms with Gasteiger partial charge < -0.3 is 10.1 Å². The number of amides is 1. The van der Waals surface area contributed by atoms with Crippen LogP contribution in [0, 0.1) is 10.1 Å². The summed E-state index contributed by atoms with van der Waals surface area (Å²) < 4.78 is 49.6. The summed E-state index contributed by atoms with van der Waals surface area (Å²) in [4.78, 5) is 25.9. The van der Waals surface area contributed by atoms with E-state index in [0.717, 1.165) is 0 Å². The van der Waals surface area contributed by atoms with E-state index in [1.54, 1.807) is 30.3 Å². The van der Waals surface area contributed by atoms with E-state index in [1.807, 2.05) is 0 Å². The molecule has 1 amide bonds. The van der Waals surface area contributed by atoms with Gasteiger partial charge in [0.25, 0.3) is 11.6 Å². The van der Waals surface area contributed by atoms with Crippen molar-refractivity contribution in [1.82, 2.24) is 5.32 Å². The molecule has 3 aromatic carbocycles. The van der Waals surface area contributed by atoms with E-state index < -0.39 is 46.1 Å². The molecule has 0 radical (unpaired) electrons. The molecule has 5 atom stereocenters. The van der Waals surface area contributed by atoms with E-state index in [4.69, 9.17) is 16.3 Å². The quantitative estimate of drug-likeness (QED) is 0.372. The molecule has 1 spiro atoms. The van der Waals surface area contributed by atoms with Gasteiger partial charge in [-0.15, -0.1) is 0 Å². The normalized spacial score (nSPS) is 30.2. The second-order valence-electron chi connectivity index (χ2n) is 9.09. The molecule has 184 valence electrons. The number of halogens is 4. The molecule has 3 aliphatic heterocycles. The molecule has 1 fully saturated rings. The van der Waals surface area contributed by atoms with Gasteiger partial charge in [-0.1, -0.05) is 60.1 Å². The predicted molar refractivity (Wildman–Crippen MR) is 123 cm³/mol. The molecule has 0 aromatic heterocycles. The number of carbonyl (C=O) groups excluding carboxylic acids is 1. The van der Waals surface area contributed by atoms with E-state index in [1.165, 1.54) is 42.5 Å². The van der Waals surface area contributed by atoms with Gasteiger partial charge in [0.2, 0.25) is 5.91 Å². The maximum Gasteiger partial charge on any atom is 0.432 e. The predicted octanol–water partition coefficient (Wildman–Crippen LogP) is 4.95. The Hall–Kier alpha value is -3.63. The number of nitrogens with one attached hydrogen (secondary N) is 2. The fourth-order valence-corrected chi connectivity index (χ4v) is 6.25. The van der Waals surface area contributed by atoms with Gasteiger partial charge >= 0.3 is 6.18 Å². The molecule has 7 nitrogen and oxygen atoms in total. The van der Waals surface area contributed by atoms with Crippen LogP contribution in [0.25, 0.3) is 0 Å². The van der Waals surface area contributed by atoms with Crippen LogP contribution in [-0.4, -0.2) is 28.6 Å². The van der Waals surface area contributed by atoms with Crippen molar-refractivity contribution in [3.8, 4) is 5.75 Å². The van der Waals surface area contributed by atoms with Crippen LogP contribution in [0.1, 0.15) is 28.7 Å². The number of para-hydroxylation sites is 2. The first-order valence-corrected chi connectivity index (χ1v) is 11.4. The number of hydrogen-bond donors (Lipinski definition) is 2. The van der Waals surface area contributed by atoms with Gasteiger partial charge in [0.05, 0.1) is 5.92 Å². The number of hydrogen-bond acceptors (Lipinski definition) is 5. The number of nitrogens with zero attached hydrogens (tertiary/aromatic N) is 1. The van der Waals surface area contributed by atoms with Gasteiger partial charge in [0, 0.05) is 26.8 Å². The highest BCUT2D eigenvalue weighted by Crippen LogP contribution is 2.66. The highest BCUT2D eigenvalue weighted by Gasteiger charge is 2.84. The second-order valence-corrected chi connectivity index (χ2v) is 9.53. The fraction of sp³-hybridized carbons (Fsp3) is 0.240. The van der Waals surface area contributed by atoms with Gasteiger partial charge in [-0.05, 0) is 29.8 Å². The summed E-state index contributed by atoms with van der Waals surface area (Å²) in [6, 6.07) is 16.5. The van der Waals surface area contributed by atoms with Crippen molar-refractivity contribution in [3.05, 3.63) is 105 Å². The van der Waals surface area contributed by atoms with Gasteiger partial charge in [0.1, 0.15) is 17.3 Å². The Morgan fingerprint density at radius 2 is 1.67 bits per heavy atom. The van der Waals surface area contributed by atoms with Crippen molar-refractivity contribution >= 4 is 23.2 Å². The summed E-state index contributed by atoms with van der Waals surface area (Å²) in [7, 11) is 0. The lowest BCUT2D eigenvalue weighted by Crippen LogP contribution is -2.66. The van der Waals surface area contributed by atoms with Gasteiger partial charge in [-0.25, -0.2) is 0 Å². The minimum absolute atomic E-state index is 0.144. The average Bonchev–Trinajstić information content (AvgIpc) is 3.32. The Labute approximate surface area is 207 Å². The first-order valence-electron chi connectivity index (χ1n) is 11.0. The van der Waals surface area contributed by atoms with Crippen LogP contribution in [0.5, 0.6) is 5.75 Å². The SMILES string of the molecule is O=C1Nc2ccccc2C12NC(c1ccc(Cl)cc1)C1([N+](=O)[O-])C(C(F)(F)F)Oc3ccccc3C21. The number of carbonyl (C=O) groups is 1. The lowest BCUT2D eigenvalue weighted by Gasteiger charge is -2.44. The number of benzene rings is 3. The Bertz CT molecular complexity index is 1420. The summed E-state index contributed by atoms with van der Waals surface area (Å²) in [6.07, 6.45) is -7.99. The van der Waals surface area contributed by atoms with E-state index in [9.17, 15) is 28.1 Å². The van der Waals surface area contributed by atoms with Crippen LogP contribution in [0.3, 0.4) is 0 Å². The zero-order valence-electron chi connectivity index (χ0n) is 18.3. The molecule has 36 heavy (non-hydrogen) atoms. The molecule has 0 bridgehead atoms. The molecule has 5 unspecified atom stereocenters. The third-order valence-corrected chi connectivity index (χ3v) is 7.65. The van der Waals surface area contributed by atoms with Crippen molar-refractivity contribution in [2.45, 2.75) is 35.3 Å². The monoisotopic (exact) mass is 515 g/mol. The molecule has 1 saturated heterocycles. The molecule has 3 heterocycles. The molecule has 2 N–H and O–H groups in total. The largest absolute Gasteiger partial charge is 0.473 e. The number of anilines is 1. The molecule has 0 saturated carbocycles. The zero-order chi connectivity index (χ0) is 25.5. The number of alkyl halides is 3. The van der Waals surface area contributed by atoms with Crippen LogP contribution in [0.4, 0.5) is 18.9 Å². The Kier molecular flexibility index (Phi) is 4.71. The van der Waals surface area contributed by atoms with E-state index in [0.29, 0.717) is 16.3 Å². The summed E-state index contributed by atoms with van der Waals surface area (Å²) in [6.45, 7) is 0. The van der Waals surface area contributed by atoms with Crippen LogP contribution >= 0.6 is 11.6 Å². The molecule has 3 aliphatic rings. The van der Waals surface area contributed by atoms with Gasteiger partial charge in [-0.3, -0.25) is 20.2 Å². The Morgan fingerprint density at radius 3 is 2.36 bits per heavy atom. The molecular weight excluding hydrogens is 499 g/mol. The summed E-state index contributed by atoms with van der Waals surface area (Å²) >= 11 is 6.01. The first kappa shape index (κ1) is 22.8. The number of rotatable bonds is 2. The standard InChI is InChI=1S/C25H17ClF3N3O4/c26-14-11-9-13(10-12-14)20-24(32(34)35)19(15-5-1-4-8-18(15)36-21(24)25(27,28)29)23(31-20)16-6-2-3-7-17(16)30-22(23)33/h1-12,19-21,31H,(H,30,33). The molecule has 3 aromatic rings. The zero-order valence-corrected chi connectivity index (χ0v) is 19.0. The minimum Gasteiger partial charge on any atom is -0.473 e. The second kappa shape index (κ2) is 7.44. The molecule has 11 heteroatoms. The summed E-state index contributed by atoms with van der Waals surface area (Å²) in [5.74, 6) is -2.40. The van der Waals surface area contributed by atoms with Crippen molar-refractivity contribution < 1.29 is 27.6 Å². The van der Waals surface area contributed by atoms with Crippen molar-refractivity contribution in [3.63, 3.8) is 0 Å². The first-order chi connectivity index (χ1) is 17.1. The van der Waals surface area contributed by atoms with Crippen LogP contribution in [0.15, 0.2) is 72.8 Å². The van der Waals surface area contributed by atoms with Crippen molar-refractivity contribution in [2.75, 3.05) is 5.32 Å². The van der Waals surface area contributed by atoms with Crippen molar-refractivity contribution in [2.24, 2.45) is 0 Å². The highest BCUT2D eigenvalue weighted by molar-refractivity contribution is 6.30. The number of ether oxygens (including phenoxy) is 1.